The van der Waals surface area contributed by atoms with Crippen LogP contribution in [0.3, 0.4) is 0 Å². The number of imidazole rings is 1. The van der Waals surface area contributed by atoms with Gasteiger partial charge in [-0.05, 0) is 42.0 Å². The summed E-state index contributed by atoms with van der Waals surface area (Å²) < 4.78 is 5.16. The Morgan fingerprint density at radius 2 is 1.88 bits per heavy atom. The van der Waals surface area contributed by atoms with Crippen LogP contribution in [0.4, 0.5) is 5.69 Å². The number of H-pyrrole nitrogens is 1. The van der Waals surface area contributed by atoms with E-state index in [9.17, 15) is 0 Å². The molecular formula is C21H16ClN3O. The number of aromatic nitrogens is 2. The van der Waals surface area contributed by atoms with Crippen LogP contribution in [-0.2, 0) is 0 Å². The normalized spacial score (nSPS) is 11.3. The summed E-state index contributed by atoms with van der Waals surface area (Å²) in [4.78, 5) is 12.5. The van der Waals surface area contributed by atoms with Gasteiger partial charge in [0.1, 0.15) is 11.6 Å². The Labute approximate surface area is 156 Å². The van der Waals surface area contributed by atoms with E-state index in [-0.39, 0.29) is 0 Å². The van der Waals surface area contributed by atoms with Gasteiger partial charge in [-0.1, -0.05) is 41.9 Å². The van der Waals surface area contributed by atoms with E-state index in [1.165, 1.54) is 0 Å². The van der Waals surface area contributed by atoms with E-state index in [1.54, 1.807) is 13.3 Å². The standard InChI is InChI=1S/C21H16ClN3O/c1-26-20-10-7-14(11-17(20)22)13-23-16-8-9-18-19(12-16)25-21(24-18)15-5-3-2-4-6-15/h2-13H,1H3,(H,24,25). The summed E-state index contributed by atoms with van der Waals surface area (Å²) in [6.45, 7) is 0. The van der Waals surface area contributed by atoms with Crippen LogP contribution < -0.4 is 4.74 Å². The average Bonchev–Trinajstić information content (AvgIpc) is 3.10. The maximum Gasteiger partial charge on any atom is 0.138 e. The first kappa shape index (κ1) is 16.4. The Kier molecular flexibility index (Phi) is 4.42. The third-order valence-electron chi connectivity index (χ3n) is 4.05. The molecule has 0 fully saturated rings. The number of fused-ring (bicyclic) bond motifs is 1. The van der Waals surface area contributed by atoms with Crippen LogP contribution in [-0.4, -0.2) is 23.3 Å². The summed E-state index contributed by atoms with van der Waals surface area (Å²) in [5.41, 5.74) is 4.67. The van der Waals surface area contributed by atoms with Crippen LogP contribution in [0.5, 0.6) is 5.75 Å². The molecule has 0 amide bonds. The van der Waals surface area contributed by atoms with Crippen molar-refractivity contribution in [3.63, 3.8) is 0 Å². The van der Waals surface area contributed by atoms with Gasteiger partial charge in [-0.15, -0.1) is 0 Å². The van der Waals surface area contributed by atoms with Crippen LogP contribution in [0.2, 0.25) is 5.02 Å². The van der Waals surface area contributed by atoms with Crippen molar-refractivity contribution in [2.24, 2.45) is 4.99 Å². The van der Waals surface area contributed by atoms with E-state index >= 15 is 0 Å². The lowest BCUT2D eigenvalue weighted by molar-refractivity contribution is 0.415. The number of hydrogen-bond acceptors (Lipinski definition) is 3. The SMILES string of the molecule is COc1ccc(C=Nc2ccc3nc(-c4ccccc4)[nH]c3c2)cc1Cl. The number of nitrogens with zero attached hydrogens (tertiary/aromatic N) is 2. The summed E-state index contributed by atoms with van der Waals surface area (Å²) in [6, 6.07) is 21.5. The van der Waals surface area contributed by atoms with Crippen molar-refractivity contribution in [1.82, 2.24) is 9.97 Å². The molecule has 0 saturated carbocycles. The fourth-order valence-corrected chi connectivity index (χ4v) is 2.99. The number of benzene rings is 3. The van der Waals surface area contributed by atoms with Crippen molar-refractivity contribution in [3.8, 4) is 17.1 Å². The van der Waals surface area contributed by atoms with Crippen molar-refractivity contribution >= 4 is 34.5 Å². The fraction of sp³-hybridized carbons (Fsp3) is 0.0476. The predicted molar refractivity (Wildman–Crippen MR) is 107 cm³/mol. The maximum absolute atomic E-state index is 6.15. The first-order chi connectivity index (χ1) is 12.7. The van der Waals surface area contributed by atoms with Crippen molar-refractivity contribution in [3.05, 3.63) is 77.3 Å². The van der Waals surface area contributed by atoms with Crippen LogP contribution >= 0.6 is 11.6 Å². The van der Waals surface area contributed by atoms with Crippen LogP contribution in [0, 0.1) is 0 Å². The molecule has 0 radical (unpaired) electrons. The van der Waals surface area contributed by atoms with Gasteiger partial charge in [-0.3, -0.25) is 4.99 Å². The summed E-state index contributed by atoms with van der Waals surface area (Å²) in [5.74, 6) is 1.50. The van der Waals surface area contributed by atoms with Crippen molar-refractivity contribution < 1.29 is 4.74 Å². The zero-order chi connectivity index (χ0) is 17.9. The molecule has 3 aromatic carbocycles. The number of halogens is 1. The highest BCUT2D eigenvalue weighted by Crippen LogP contribution is 2.26. The smallest absolute Gasteiger partial charge is 0.138 e. The van der Waals surface area contributed by atoms with Gasteiger partial charge in [0.05, 0.1) is 28.9 Å². The van der Waals surface area contributed by atoms with E-state index in [1.807, 2.05) is 66.7 Å². The minimum atomic E-state index is 0.563. The number of rotatable bonds is 4. The molecule has 0 saturated heterocycles. The third kappa shape index (κ3) is 3.32. The average molecular weight is 362 g/mol. The third-order valence-corrected chi connectivity index (χ3v) is 4.35. The lowest BCUT2D eigenvalue weighted by Gasteiger charge is -2.02. The number of hydrogen-bond donors (Lipinski definition) is 1. The Morgan fingerprint density at radius 3 is 2.65 bits per heavy atom. The molecule has 1 aromatic heterocycles. The van der Waals surface area contributed by atoms with Gasteiger partial charge < -0.3 is 9.72 Å². The first-order valence-electron chi connectivity index (χ1n) is 8.16. The molecule has 0 unspecified atom stereocenters. The summed E-state index contributed by atoms with van der Waals surface area (Å²) in [6.07, 6.45) is 1.78. The fourth-order valence-electron chi connectivity index (χ4n) is 2.72. The molecule has 26 heavy (non-hydrogen) atoms. The molecular weight excluding hydrogens is 346 g/mol. The van der Waals surface area contributed by atoms with E-state index in [0.29, 0.717) is 10.8 Å². The van der Waals surface area contributed by atoms with Gasteiger partial charge in [0.2, 0.25) is 0 Å². The second-order valence-corrected chi connectivity index (χ2v) is 6.21. The molecule has 0 bridgehead atoms. The lowest BCUT2D eigenvalue weighted by atomic mass is 10.2. The van der Waals surface area contributed by atoms with Gasteiger partial charge in [0.15, 0.2) is 0 Å². The lowest BCUT2D eigenvalue weighted by Crippen LogP contribution is -1.86. The molecule has 0 aliphatic rings. The minimum Gasteiger partial charge on any atom is -0.495 e. The maximum atomic E-state index is 6.15. The summed E-state index contributed by atoms with van der Waals surface area (Å²) >= 11 is 6.15. The highest BCUT2D eigenvalue weighted by atomic mass is 35.5. The molecule has 1 N–H and O–H groups in total. The van der Waals surface area contributed by atoms with Gasteiger partial charge >= 0.3 is 0 Å². The van der Waals surface area contributed by atoms with E-state index in [2.05, 4.69) is 15.0 Å². The number of aliphatic imine (C=N–C) groups is 1. The molecule has 0 aliphatic heterocycles. The Morgan fingerprint density at radius 1 is 1.04 bits per heavy atom. The number of aromatic amines is 1. The van der Waals surface area contributed by atoms with E-state index in [0.717, 1.165) is 33.7 Å². The largest absolute Gasteiger partial charge is 0.495 e. The number of methoxy groups -OCH3 is 1. The summed E-state index contributed by atoms with van der Waals surface area (Å²) in [5, 5.41) is 0.563. The molecule has 5 heteroatoms. The number of ether oxygens (including phenoxy) is 1. The minimum absolute atomic E-state index is 0.563. The van der Waals surface area contributed by atoms with Crippen LogP contribution in [0.15, 0.2) is 71.7 Å². The highest BCUT2D eigenvalue weighted by molar-refractivity contribution is 6.32. The highest BCUT2D eigenvalue weighted by Gasteiger charge is 2.05. The second-order valence-electron chi connectivity index (χ2n) is 5.81. The van der Waals surface area contributed by atoms with E-state index < -0.39 is 0 Å². The molecule has 128 valence electrons. The first-order valence-corrected chi connectivity index (χ1v) is 8.53. The Hall–Kier alpha value is -3.11. The quantitative estimate of drug-likeness (QED) is 0.478. The summed E-state index contributed by atoms with van der Waals surface area (Å²) in [7, 11) is 1.60. The van der Waals surface area contributed by atoms with Crippen LogP contribution in [0.25, 0.3) is 22.4 Å². The van der Waals surface area contributed by atoms with Crippen LogP contribution in [0.1, 0.15) is 5.56 Å². The van der Waals surface area contributed by atoms with Crippen molar-refractivity contribution in [2.75, 3.05) is 7.11 Å². The molecule has 1 heterocycles. The Balaban J connectivity index is 1.62. The van der Waals surface area contributed by atoms with Gasteiger partial charge in [0.25, 0.3) is 0 Å². The molecule has 0 atom stereocenters. The molecule has 0 spiro atoms. The van der Waals surface area contributed by atoms with Crippen molar-refractivity contribution in [1.29, 1.82) is 0 Å². The Bertz CT molecular complexity index is 1090. The number of nitrogens with one attached hydrogen (secondary N) is 1. The van der Waals surface area contributed by atoms with Crippen molar-refractivity contribution in [2.45, 2.75) is 0 Å². The van der Waals surface area contributed by atoms with Gasteiger partial charge in [-0.2, -0.15) is 0 Å². The predicted octanol–water partition coefficient (Wildman–Crippen LogP) is 5.64. The van der Waals surface area contributed by atoms with Gasteiger partial charge in [0, 0.05) is 11.8 Å². The van der Waals surface area contributed by atoms with E-state index in [4.69, 9.17) is 16.3 Å². The topological polar surface area (TPSA) is 50.3 Å². The monoisotopic (exact) mass is 361 g/mol. The zero-order valence-electron chi connectivity index (χ0n) is 14.1. The second kappa shape index (κ2) is 7.02. The molecule has 4 aromatic rings. The zero-order valence-corrected chi connectivity index (χ0v) is 14.9. The molecule has 4 nitrogen and oxygen atoms in total. The molecule has 4 rings (SSSR count). The van der Waals surface area contributed by atoms with Gasteiger partial charge in [-0.25, -0.2) is 4.98 Å². The molecule has 0 aliphatic carbocycles.